The first-order valence-electron chi connectivity index (χ1n) is 12.6. The molecule has 2 heterocycles. The average molecular weight is 544 g/mol. The largest absolute Gasteiger partial charge is 0.494 e. The van der Waals surface area contributed by atoms with Crippen molar-refractivity contribution >= 4 is 34.0 Å². The average Bonchev–Trinajstić information content (AvgIpc) is 3.42. The molecule has 4 aromatic rings. The lowest BCUT2D eigenvalue weighted by Gasteiger charge is -2.30. The van der Waals surface area contributed by atoms with E-state index in [9.17, 15) is 18.0 Å². The predicted molar refractivity (Wildman–Crippen MR) is 143 cm³/mol. The summed E-state index contributed by atoms with van der Waals surface area (Å²) < 4.78 is 53.6. The van der Waals surface area contributed by atoms with Gasteiger partial charge >= 0.3 is 12.3 Å². The minimum atomic E-state index is -4.53. The first-order chi connectivity index (χ1) is 18.2. The van der Waals surface area contributed by atoms with E-state index in [0.29, 0.717) is 28.6 Å². The van der Waals surface area contributed by atoms with Gasteiger partial charge in [-0.05, 0) is 69.9 Å². The highest BCUT2D eigenvalue weighted by Gasteiger charge is 2.35. The Morgan fingerprint density at radius 2 is 1.92 bits per heavy atom. The van der Waals surface area contributed by atoms with Crippen molar-refractivity contribution in [2.75, 3.05) is 11.9 Å². The molecule has 1 fully saturated rings. The molecule has 0 bridgehead atoms. The molecule has 0 radical (unpaired) electrons. The number of carbonyl (C=O) groups is 1. The third kappa shape index (κ3) is 5.09. The molecule has 1 N–H and O–H groups in total. The number of alkyl halides is 3. The molecule has 10 heteroatoms. The van der Waals surface area contributed by atoms with Crippen LogP contribution >= 0.6 is 11.3 Å². The lowest BCUT2D eigenvalue weighted by atomic mass is 9.92. The van der Waals surface area contributed by atoms with Crippen LogP contribution in [-0.2, 0) is 10.9 Å². The fraction of sp³-hybridized carbons (Fsp3) is 0.357. The third-order valence-electron chi connectivity index (χ3n) is 6.48. The minimum Gasteiger partial charge on any atom is -0.494 e. The third-order valence-corrected chi connectivity index (χ3v) is 7.34. The summed E-state index contributed by atoms with van der Waals surface area (Å²) in [7, 11) is 0. The summed E-state index contributed by atoms with van der Waals surface area (Å²) in [6.07, 6.45) is -2.30. The molecule has 5 rings (SSSR count). The van der Waals surface area contributed by atoms with E-state index < -0.39 is 18.0 Å². The topological polar surface area (TPSA) is 65.4 Å². The van der Waals surface area contributed by atoms with E-state index in [1.165, 1.54) is 0 Å². The molecular weight excluding hydrogens is 515 g/mol. The maximum absolute atomic E-state index is 13.5. The molecule has 2 aromatic heterocycles. The van der Waals surface area contributed by atoms with Crippen LogP contribution in [0.25, 0.3) is 32.7 Å². The molecule has 0 saturated heterocycles. The second-order valence-corrected chi connectivity index (χ2v) is 10.3. The Morgan fingerprint density at radius 1 is 1.18 bits per heavy atom. The van der Waals surface area contributed by atoms with Gasteiger partial charge in [0.15, 0.2) is 5.69 Å². The number of hydrogen-bond donors (Lipinski definition) is 1. The number of amides is 1. The van der Waals surface area contributed by atoms with E-state index >= 15 is 0 Å². The van der Waals surface area contributed by atoms with Gasteiger partial charge in [0, 0.05) is 34.1 Å². The monoisotopic (exact) mass is 543 g/mol. The van der Waals surface area contributed by atoms with Crippen molar-refractivity contribution in [1.82, 2.24) is 9.55 Å². The van der Waals surface area contributed by atoms with Gasteiger partial charge < -0.3 is 14.0 Å². The molecule has 0 atom stereocenters. The predicted octanol–water partition coefficient (Wildman–Crippen LogP) is 8.53. The van der Waals surface area contributed by atoms with Gasteiger partial charge in [0.1, 0.15) is 10.8 Å². The SMILES string of the molecule is CCOc1ccc2c(-c3nc(C(F)(F)F)cs3)c(-c3ccc(NC(=O)OC(C)C)cc3)n(C3CCC3)c2c1. The molecule has 200 valence electrons. The number of aromatic nitrogens is 2. The number of fused-ring (bicyclic) bond motifs is 1. The normalized spacial score (nSPS) is 14.1. The van der Waals surface area contributed by atoms with Crippen LogP contribution in [0.3, 0.4) is 0 Å². The highest BCUT2D eigenvalue weighted by molar-refractivity contribution is 7.13. The molecule has 6 nitrogen and oxygen atoms in total. The van der Waals surface area contributed by atoms with E-state index in [1.54, 1.807) is 26.0 Å². The number of anilines is 1. The van der Waals surface area contributed by atoms with Gasteiger partial charge in [-0.25, -0.2) is 9.78 Å². The molecule has 1 aliphatic rings. The Balaban J connectivity index is 1.68. The van der Waals surface area contributed by atoms with Gasteiger partial charge in [0.05, 0.1) is 23.9 Å². The minimum absolute atomic E-state index is 0.207. The van der Waals surface area contributed by atoms with E-state index in [4.69, 9.17) is 9.47 Å². The Labute approximate surface area is 222 Å². The van der Waals surface area contributed by atoms with Crippen LogP contribution < -0.4 is 10.1 Å². The van der Waals surface area contributed by atoms with Gasteiger partial charge in [-0.3, -0.25) is 5.32 Å². The zero-order chi connectivity index (χ0) is 27.0. The Bertz CT molecular complexity index is 1450. The van der Waals surface area contributed by atoms with Crippen LogP contribution in [0.1, 0.15) is 51.8 Å². The van der Waals surface area contributed by atoms with E-state index in [2.05, 4.69) is 14.9 Å². The number of nitrogens with one attached hydrogen (secondary N) is 1. The summed E-state index contributed by atoms with van der Waals surface area (Å²) in [6, 6.07) is 13.2. The number of carbonyl (C=O) groups excluding carboxylic acids is 1. The van der Waals surface area contributed by atoms with Crippen molar-refractivity contribution in [2.24, 2.45) is 0 Å². The van der Waals surface area contributed by atoms with Gasteiger partial charge in [-0.2, -0.15) is 13.2 Å². The number of nitrogens with zero attached hydrogens (tertiary/aromatic N) is 2. The molecule has 1 aliphatic carbocycles. The highest BCUT2D eigenvalue weighted by Crippen LogP contribution is 2.48. The summed E-state index contributed by atoms with van der Waals surface area (Å²) in [5, 5.41) is 4.90. The summed E-state index contributed by atoms with van der Waals surface area (Å²) in [5.41, 5.74) is 2.83. The van der Waals surface area contributed by atoms with Gasteiger partial charge in [0.2, 0.25) is 0 Å². The van der Waals surface area contributed by atoms with Crippen molar-refractivity contribution in [2.45, 2.75) is 58.4 Å². The molecule has 2 aromatic carbocycles. The quantitative estimate of drug-likeness (QED) is 0.254. The van der Waals surface area contributed by atoms with Gasteiger partial charge in [-0.15, -0.1) is 11.3 Å². The molecule has 0 unspecified atom stereocenters. The molecule has 1 amide bonds. The first-order valence-corrected chi connectivity index (χ1v) is 13.5. The number of halogens is 3. The first kappa shape index (κ1) is 26.1. The lowest BCUT2D eigenvalue weighted by molar-refractivity contribution is -0.140. The van der Waals surface area contributed by atoms with Crippen LogP contribution in [0, 0.1) is 0 Å². The maximum atomic E-state index is 13.5. The Hall–Kier alpha value is -3.53. The highest BCUT2D eigenvalue weighted by atomic mass is 32.1. The summed E-state index contributed by atoms with van der Waals surface area (Å²) in [4.78, 5) is 16.1. The standard InChI is InChI=1S/C28H28F3N3O3S/c1-4-36-20-12-13-21-22(14-20)34(19-6-5-7-19)25(24(21)26-33-23(15-38-26)28(29,30)31)17-8-10-18(11-9-17)32-27(35)37-16(2)3/h8-16,19H,4-7H2,1-3H3,(H,32,35). The summed E-state index contributed by atoms with van der Waals surface area (Å²) in [6.45, 7) is 5.95. The van der Waals surface area contributed by atoms with Crippen LogP contribution in [0.5, 0.6) is 5.75 Å². The fourth-order valence-electron chi connectivity index (χ4n) is 4.66. The molecule has 38 heavy (non-hydrogen) atoms. The van der Waals surface area contributed by atoms with Crippen LogP contribution in [0.15, 0.2) is 47.8 Å². The number of ether oxygens (including phenoxy) is 2. The van der Waals surface area contributed by atoms with Gasteiger partial charge in [-0.1, -0.05) is 12.1 Å². The van der Waals surface area contributed by atoms with Crippen LogP contribution in [0.4, 0.5) is 23.7 Å². The number of benzene rings is 2. The van der Waals surface area contributed by atoms with Crippen LogP contribution in [-0.4, -0.2) is 28.4 Å². The molecule has 1 saturated carbocycles. The van der Waals surface area contributed by atoms with Crippen molar-refractivity contribution in [3.8, 4) is 27.6 Å². The zero-order valence-corrected chi connectivity index (χ0v) is 22.1. The van der Waals surface area contributed by atoms with Crippen molar-refractivity contribution in [3.63, 3.8) is 0 Å². The Morgan fingerprint density at radius 3 is 2.50 bits per heavy atom. The van der Waals surface area contributed by atoms with E-state index in [1.807, 2.05) is 37.3 Å². The summed E-state index contributed by atoms with van der Waals surface area (Å²) in [5.74, 6) is 0.703. The summed E-state index contributed by atoms with van der Waals surface area (Å²) >= 11 is 0.986. The molecular formula is C28H28F3N3O3S. The van der Waals surface area contributed by atoms with Crippen molar-refractivity contribution in [1.29, 1.82) is 0 Å². The second-order valence-electron chi connectivity index (χ2n) is 9.48. The Kier molecular flexibility index (Phi) is 7.09. The number of thiazole rings is 1. The molecule has 0 spiro atoms. The molecule has 0 aliphatic heterocycles. The zero-order valence-electron chi connectivity index (χ0n) is 21.3. The maximum Gasteiger partial charge on any atom is 0.434 e. The van der Waals surface area contributed by atoms with Gasteiger partial charge in [0.25, 0.3) is 0 Å². The smallest absolute Gasteiger partial charge is 0.434 e. The van der Waals surface area contributed by atoms with Crippen LogP contribution in [0.2, 0.25) is 0 Å². The van der Waals surface area contributed by atoms with Crippen molar-refractivity contribution < 1.29 is 27.4 Å². The van der Waals surface area contributed by atoms with E-state index in [0.717, 1.165) is 58.1 Å². The lowest BCUT2D eigenvalue weighted by Crippen LogP contribution is -2.18. The number of rotatable bonds is 7. The fourth-order valence-corrected chi connectivity index (χ4v) is 5.55. The number of hydrogen-bond acceptors (Lipinski definition) is 5. The second kappa shape index (κ2) is 10.3. The van der Waals surface area contributed by atoms with E-state index in [-0.39, 0.29) is 12.1 Å². The van der Waals surface area contributed by atoms with Crippen molar-refractivity contribution in [3.05, 3.63) is 53.5 Å².